The highest BCUT2D eigenvalue weighted by Crippen LogP contribution is 2.25. The van der Waals surface area contributed by atoms with Gasteiger partial charge in [-0.2, -0.15) is 0 Å². The lowest BCUT2D eigenvalue weighted by molar-refractivity contribution is -0.144. The summed E-state index contributed by atoms with van der Waals surface area (Å²) in [5.74, 6) is -1.50. The topological polar surface area (TPSA) is 95.5 Å². The van der Waals surface area contributed by atoms with Gasteiger partial charge in [-0.15, -0.1) is 0 Å². The van der Waals surface area contributed by atoms with Crippen LogP contribution in [-0.2, 0) is 9.59 Å². The first-order valence-corrected chi connectivity index (χ1v) is 9.32. The third-order valence-corrected chi connectivity index (χ3v) is 4.98. The maximum absolute atomic E-state index is 12.5. The van der Waals surface area contributed by atoms with Crippen LogP contribution in [-0.4, -0.2) is 28.4 Å². The van der Waals surface area contributed by atoms with Crippen LogP contribution < -0.4 is 10.6 Å². The van der Waals surface area contributed by atoms with Gasteiger partial charge >= 0.3 is 5.97 Å². The smallest absolute Gasteiger partial charge is 0.329 e. The van der Waals surface area contributed by atoms with Crippen LogP contribution in [0.4, 0.5) is 5.69 Å². The van der Waals surface area contributed by atoms with Crippen LogP contribution in [0.2, 0.25) is 0 Å². The number of amides is 2. The van der Waals surface area contributed by atoms with E-state index in [4.69, 9.17) is 0 Å². The van der Waals surface area contributed by atoms with Crippen molar-refractivity contribution >= 4 is 23.5 Å². The molecular weight excluding hydrogens is 332 g/mol. The summed E-state index contributed by atoms with van der Waals surface area (Å²) in [4.78, 5) is 36.3. The predicted octanol–water partition coefficient (Wildman–Crippen LogP) is 3.58. The van der Waals surface area contributed by atoms with E-state index in [1.165, 1.54) is 13.3 Å². The number of benzene rings is 1. The van der Waals surface area contributed by atoms with Gasteiger partial charge in [0.25, 0.3) is 5.91 Å². The van der Waals surface area contributed by atoms with Crippen molar-refractivity contribution in [1.82, 2.24) is 5.32 Å². The van der Waals surface area contributed by atoms with Crippen LogP contribution in [0.15, 0.2) is 24.3 Å². The van der Waals surface area contributed by atoms with Crippen molar-refractivity contribution < 1.29 is 19.5 Å². The number of carboxylic acid groups (broad SMARTS) is 1. The Hall–Kier alpha value is -2.37. The second-order valence-corrected chi connectivity index (χ2v) is 7.25. The van der Waals surface area contributed by atoms with Crippen LogP contribution in [0, 0.1) is 5.92 Å². The van der Waals surface area contributed by atoms with Crippen molar-refractivity contribution in [3.8, 4) is 0 Å². The van der Waals surface area contributed by atoms with Crippen molar-refractivity contribution in [2.24, 2.45) is 5.92 Å². The quantitative estimate of drug-likeness (QED) is 0.692. The average Bonchev–Trinajstić information content (AvgIpc) is 2.62. The molecule has 1 aromatic rings. The van der Waals surface area contributed by atoms with E-state index >= 15 is 0 Å². The lowest BCUT2D eigenvalue weighted by Gasteiger charge is -2.26. The number of carbonyl (C=O) groups excluding carboxylic acids is 2. The van der Waals surface area contributed by atoms with Gasteiger partial charge in [-0.3, -0.25) is 9.59 Å². The molecular formula is C20H28N2O4. The third kappa shape index (κ3) is 5.07. The van der Waals surface area contributed by atoms with Crippen LogP contribution >= 0.6 is 0 Å². The van der Waals surface area contributed by atoms with Crippen molar-refractivity contribution in [2.45, 2.75) is 64.3 Å². The van der Waals surface area contributed by atoms with E-state index in [2.05, 4.69) is 10.6 Å². The molecule has 0 aromatic heterocycles. The number of hydrogen-bond donors (Lipinski definition) is 3. The van der Waals surface area contributed by atoms with Crippen LogP contribution in [0.25, 0.3) is 0 Å². The normalized spacial score (nSPS) is 17.2. The van der Waals surface area contributed by atoms with Crippen LogP contribution in [0.3, 0.4) is 0 Å². The molecule has 1 fully saturated rings. The zero-order chi connectivity index (χ0) is 19.2. The molecule has 1 aromatic carbocycles. The first-order valence-electron chi connectivity index (χ1n) is 9.32. The minimum absolute atomic E-state index is 0.0105. The second kappa shape index (κ2) is 8.83. The Morgan fingerprint density at radius 3 is 2.50 bits per heavy atom. The summed E-state index contributed by atoms with van der Waals surface area (Å²) in [6, 6.07) is 6.62. The molecule has 0 heterocycles. The molecule has 3 N–H and O–H groups in total. The van der Waals surface area contributed by atoms with Gasteiger partial charge in [-0.25, -0.2) is 4.79 Å². The molecule has 2 rings (SSSR count). The monoisotopic (exact) mass is 360 g/mol. The Balaban J connectivity index is 2.06. The Morgan fingerprint density at radius 2 is 1.88 bits per heavy atom. The van der Waals surface area contributed by atoms with Crippen molar-refractivity contribution in [3.05, 3.63) is 29.8 Å². The fourth-order valence-electron chi connectivity index (χ4n) is 3.39. The van der Waals surface area contributed by atoms with Gasteiger partial charge < -0.3 is 15.7 Å². The largest absolute Gasteiger partial charge is 0.480 e. The molecule has 0 radical (unpaired) electrons. The van der Waals surface area contributed by atoms with E-state index in [1.807, 2.05) is 6.92 Å². The number of carbonyl (C=O) groups is 3. The first kappa shape index (κ1) is 19.9. The van der Waals surface area contributed by atoms with E-state index in [-0.39, 0.29) is 11.8 Å². The number of carboxylic acids is 1. The minimum atomic E-state index is -1.31. The average molecular weight is 360 g/mol. The Kier molecular flexibility index (Phi) is 6.77. The van der Waals surface area contributed by atoms with Crippen molar-refractivity contribution in [2.75, 3.05) is 5.32 Å². The van der Waals surface area contributed by atoms with E-state index in [1.54, 1.807) is 24.3 Å². The SMILES string of the molecule is CCCC(C)(NC(=O)c1cccc(NC(=O)C2CCCCC2)c1)C(=O)O. The fraction of sp³-hybridized carbons (Fsp3) is 0.550. The number of rotatable bonds is 7. The van der Waals surface area contributed by atoms with Crippen molar-refractivity contribution in [1.29, 1.82) is 0 Å². The highest BCUT2D eigenvalue weighted by molar-refractivity contribution is 5.99. The Labute approximate surface area is 154 Å². The summed E-state index contributed by atoms with van der Waals surface area (Å²) < 4.78 is 0. The molecule has 6 heteroatoms. The first-order chi connectivity index (χ1) is 12.4. The molecule has 26 heavy (non-hydrogen) atoms. The summed E-state index contributed by atoms with van der Waals surface area (Å²) in [7, 11) is 0. The molecule has 0 aliphatic heterocycles. The number of nitrogens with one attached hydrogen (secondary N) is 2. The van der Waals surface area contributed by atoms with Gasteiger partial charge in [0.05, 0.1) is 0 Å². The zero-order valence-corrected chi connectivity index (χ0v) is 15.5. The molecule has 1 unspecified atom stereocenters. The summed E-state index contributed by atoms with van der Waals surface area (Å²) >= 11 is 0. The van der Waals surface area contributed by atoms with Gasteiger partial charge in [-0.05, 0) is 44.4 Å². The van der Waals surface area contributed by atoms with Gasteiger partial charge in [0.1, 0.15) is 5.54 Å². The molecule has 2 amide bonds. The van der Waals surface area contributed by atoms with Crippen molar-refractivity contribution in [3.63, 3.8) is 0 Å². The summed E-state index contributed by atoms with van der Waals surface area (Å²) in [5.41, 5.74) is -0.427. The minimum Gasteiger partial charge on any atom is -0.480 e. The molecule has 1 aliphatic carbocycles. The van der Waals surface area contributed by atoms with E-state index < -0.39 is 17.4 Å². The van der Waals surface area contributed by atoms with Crippen LogP contribution in [0.1, 0.15) is 69.2 Å². The number of aliphatic carboxylic acids is 1. The van der Waals surface area contributed by atoms with Gasteiger partial charge in [0, 0.05) is 17.2 Å². The fourth-order valence-corrected chi connectivity index (χ4v) is 3.39. The highest BCUT2D eigenvalue weighted by Gasteiger charge is 2.34. The van der Waals surface area contributed by atoms with Gasteiger partial charge in [0.2, 0.25) is 5.91 Å². The predicted molar refractivity (Wildman–Crippen MR) is 100 cm³/mol. The van der Waals surface area contributed by atoms with Crippen LogP contribution in [0.5, 0.6) is 0 Å². The second-order valence-electron chi connectivity index (χ2n) is 7.25. The maximum Gasteiger partial charge on any atom is 0.329 e. The zero-order valence-electron chi connectivity index (χ0n) is 15.5. The third-order valence-electron chi connectivity index (χ3n) is 4.98. The molecule has 1 atom stereocenters. The number of hydrogen-bond acceptors (Lipinski definition) is 3. The molecule has 0 bridgehead atoms. The molecule has 0 saturated heterocycles. The highest BCUT2D eigenvalue weighted by atomic mass is 16.4. The van der Waals surface area contributed by atoms with Gasteiger partial charge in [-0.1, -0.05) is 38.7 Å². The van der Waals surface area contributed by atoms with E-state index in [0.717, 1.165) is 25.7 Å². The molecule has 1 saturated carbocycles. The number of anilines is 1. The van der Waals surface area contributed by atoms with Gasteiger partial charge in [0.15, 0.2) is 0 Å². The Bertz CT molecular complexity index is 668. The molecule has 6 nitrogen and oxygen atoms in total. The summed E-state index contributed by atoms with van der Waals surface area (Å²) in [5, 5.41) is 14.9. The Morgan fingerprint density at radius 1 is 1.19 bits per heavy atom. The standard InChI is InChI=1S/C20H28N2O4/c1-3-12-20(2,19(25)26)22-18(24)15-10-7-11-16(13-15)21-17(23)14-8-5-4-6-9-14/h7,10-11,13-14H,3-6,8-9,12H2,1-2H3,(H,21,23)(H,22,24)(H,25,26). The van der Waals surface area contributed by atoms with E-state index in [0.29, 0.717) is 24.1 Å². The maximum atomic E-state index is 12.5. The molecule has 142 valence electrons. The molecule has 0 spiro atoms. The lowest BCUT2D eigenvalue weighted by atomic mass is 9.88. The summed E-state index contributed by atoms with van der Waals surface area (Å²) in [6.07, 6.45) is 6.11. The summed E-state index contributed by atoms with van der Waals surface area (Å²) in [6.45, 7) is 3.38. The van der Waals surface area contributed by atoms with E-state index in [9.17, 15) is 19.5 Å². The lowest BCUT2D eigenvalue weighted by Crippen LogP contribution is -2.52. The molecule has 1 aliphatic rings.